The number of anilines is 2. The molecule has 2 aromatic heterocycles. The molecule has 0 radical (unpaired) electrons. The van der Waals surface area contributed by atoms with Gasteiger partial charge in [-0.3, -0.25) is 14.6 Å². The Morgan fingerprint density at radius 2 is 1.80 bits per heavy atom. The Morgan fingerprint density at radius 3 is 2.46 bits per heavy atom. The summed E-state index contributed by atoms with van der Waals surface area (Å²) in [5, 5.41) is 8.50. The summed E-state index contributed by atoms with van der Waals surface area (Å²) in [5.74, 6) is -0.369. The van der Waals surface area contributed by atoms with Crippen LogP contribution in [0.25, 0.3) is 22.0 Å². The van der Waals surface area contributed by atoms with E-state index in [-0.39, 0.29) is 17.4 Å². The number of nitrogens with zero attached hydrogens (tertiary/aromatic N) is 2. The number of fused-ring (bicyclic) bond motifs is 1. The van der Waals surface area contributed by atoms with E-state index in [4.69, 9.17) is 5.73 Å². The number of benzene rings is 2. The minimum absolute atomic E-state index is 0.0492. The van der Waals surface area contributed by atoms with Crippen LogP contribution in [-0.4, -0.2) is 28.5 Å². The molecular formula is C26H26N6O3. The van der Waals surface area contributed by atoms with Gasteiger partial charge in [0.15, 0.2) is 0 Å². The Bertz CT molecular complexity index is 1450. The van der Waals surface area contributed by atoms with E-state index in [0.717, 1.165) is 16.7 Å². The van der Waals surface area contributed by atoms with Crippen LogP contribution in [-0.2, 0) is 13.1 Å². The zero-order valence-electron chi connectivity index (χ0n) is 19.5. The fraction of sp³-hybridized carbons (Fsp3) is 0.154. The van der Waals surface area contributed by atoms with Gasteiger partial charge in [0.2, 0.25) is 5.43 Å². The van der Waals surface area contributed by atoms with Gasteiger partial charge in [-0.2, -0.15) is 0 Å². The van der Waals surface area contributed by atoms with Crippen molar-refractivity contribution in [3.05, 3.63) is 88.3 Å². The number of aryl methyl sites for hydroxylation is 1. The molecule has 2 aromatic carbocycles. The third kappa shape index (κ3) is 4.84. The maximum atomic E-state index is 13.0. The van der Waals surface area contributed by atoms with Gasteiger partial charge in [-0.1, -0.05) is 24.3 Å². The zero-order valence-corrected chi connectivity index (χ0v) is 19.5. The average Bonchev–Trinajstić information content (AvgIpc) is 2.88. The minimum atomic E-state index is -0.506. The van der Waals surface area contributed by atoms with Gasteiger partial charge >= 0.3 is 6.03 Å². The molecule has 0 unspecified atom stereocenters. The number of rotatable bonds is 6. The van der Waals surface area contributed by atoms with Crippen molar-refractivity contribution in [3.8, 4) is 11.1 Å². The second-order valence-electron chi connectivity index (χ2n) is 7.89. The number of nitrogens with one attached hydrogen (secondary N) is 3. The lowest BCUT2D eigenvalue weighted by atomic mass is 10.0. The third-order valence-corrected chi connectivity index (χ3v) is 5.73. The highest BCUT2D eigenvalue weighted by molar-refractivity contribution is 6.02. The molecule has 0 aliphatic rings. The standard InChI is InChI=1S/C26H26N6O3/c1-3-32-21-13-18(8-11-20(21)23(33)22(24(32)27)25(34)28-2)17-6-9-19(10-7-17)31-26(35)30-15-16-5-4-12-29-14-16/h4-14H,3,15,27H2,1-2H3,(H,28,34)(H2,30,31,35). The third-order valence-electron chi connectivity index (χ3n) is 5.73. The van der Waals surface area contributed by atoms with Crippen LogP contribution >= 0.6 is 0 Å². The number of urea groups is 1. The van der Waals surface area contributed by atoms with Gasteiger partial charge in [-0.15, -0.1) is 0 Å². The van der Waals surface area contributed by atoms with Gasteiger partial charge in [0.25, 0.3) is 5.91 Å². The number of aromatic nitrogens is 2. The number of pyridine rings is 2. The van der Waals surface area contributed by atoms with Crippen LogP contribution in [0.5, 0.6) is 0 Å². The highest BCUT2D eigenvalue weighted by atomic mass is 16.2. The molecule has 9 heteroatoms. The quantitative estimate of drug-likeness (QED) is 0.343. The van der Waals surface area contributed by atoms with Gasteiger partial charge in [0, 0.05) is 43.6 Å². The summed E-state index contributed by atoms with van der Waals surface area (Å²) in [5.41, 5.74) is 9.73. The van der Waals surface area contributed by atoms with Gasteiger partial charge in [-0.25, -0.2) is 4.79 Å². The van der Waals surface area contributed by atoms with Crippen molar-refractivity contribution in [2.45, 2.75) is 20.0 Å². The molecule has 9 nitrogen and oxygen atoms in total. The summed E-state index contributed by atoms with van der Waals surface area (Å²) in [4.78, 5) is 41.4. The first kappa shape index (κ1) is 23.5. The maximum Gasteiger partial charge on any atom is 0.319 e. The Morgan fingerprint density at radius 1 is 1.06 bits per heavy atom. The molecule has 3 amide bonds. The fourth-order valence-electron chi connectivity index (χ4n) is 3.93. The molecule has 0 bridgehead atoms. The van der Waals surface area contributed by atoms with Crippen molar-refractivity contribution < 1.29 is 9.59 Å². The predicted molar refractivity (Wildman–Crippen MR) is 137 cm³/mol. The molecule has 0 aliphatic heterocycles. The number of hydrogen-bond donors (Lipinski definition) is 4. The summed E-state index contributed by atoms with van der Waals surface area (Å²) in [6.45, 7) is 2.77. The van der Waals surface area contributed by atoms with E-state index in [1.54, 1.807) is 35.2 Å². The Labute approximate surface area is 202 Å². The summed E-state index contributed by atoms with van der Waals surface area (Å²) in [6.07, 6.45) is 3.38. The number of nitrogens with two attached hydrogens (primary N) is 1. The number of hydrogen-bond acceptors (Lipinski definition) is 5. The Balaban J connectivity index is 1.57. The van der Waals surface area contributed by atoms with Crippen LogP contribution in [0.4, 0.5) is 16.3 Å². The monoisotopic (exact) mass is 470 g/mol. The second kappa shape index (κ2) is 10.1. The van der Waals surface area contributed by atoms with E-state index in [0.29, 0.717) is 29.7 Å². The Kier molecular flexibility index (Phi) is 6.77. The van der Waals surface area contributed by atoms with Crippen molar-refractivity contribution in [2.24, 2.45) is 0 Å². The van der Waals surface area contributed by atoms with Crippen LogP contribution in [0.1, 0.15) is 22.8 Å². The van der Waals surface area contributed by atoms with E-state index in [1.807, 2.05) is 43.3 Å². The molecular weight excluding hydrogens is 444 g/mol. The molecule has 0 fully saturated rings. The number of amides is 3. The molecule has 178 valence electrons. The smallest absolute Gasteiger partial charge is 0.319 e. The van der Waals surface area contributed by atoms with Crippen molar-refractivity contribution in [2.75, 3.05) is 18.1 Å². The number of carbonyl (C=O) groups is 2. The molecule has 0 aliphatic carbocycles. The number of nitrogen functional groups attached to an aromatic ring is 1. The summed E-state index contributed by atoms with van der Waals surface area (Å²) < 4.78 is 1.76. The van der Waals surface area contributed by atoms with Gasteiger partial charge in [0.05, 0.1) is 5.52 Å². The molecule has 0 saturated carbocycles. The molecule has 0 saturated heterocycles. The zero-order chi connectivity index (χ0) is 24.9. The van der Waals surface area contributed by atoms with Crippen LogP contribution in [0.3, 0.4) is 0 Å². The topological polar surface area (TPSA) is 131 Å². The van der Waals surface area contributed by atoms with E-state index >= 15 is 0 Å². The fourth-order valence-corrected chi connectivity index (χ4v) is 3.93. The van der Waals surface area contributed by atoms with Crippen molar-refractivity contribution in [1.82, 2.24) is 20.2 Å². The first-order valence-corrected chi connectivity index (χ1v) is 11.1. The van der Waals surface area contributed by atoms with Crippen LogP contribution in [0.15, 0.2) is 71.8 Å². The lowest BCUT2D eigenvalue weighted by Gasteiger charge is -2.16. The minimum Gasteiger partial charge on any atom is -0.384 e. The van der Waals surface area contributed by atoms with Crippen molar-refractivity contribution in [3.63, 3.8) is 0 Å². The number of carbonyl (C=O) groups excluding carboxylic acids is 2. The van der Waals surface area contributed by atoms with E-state index in [2.05, 4.69) is 20.9 Å². The maximum absolute atomic E-state index is 13.0. The molecule has 2 heterocycles. The highest BCUT2D eigenvalue weighted by Gasteiger charge is 2.20. The molecule has 4 aromatic rings. The second-order valence-corrected chi connectivity index (χ2v) is 7.89. The van der Waals surface area contributed by atoms with Gasteiger partial charge < -0.3 is 26.3 Å². The lowest BCUT2D eigenvalue weighted by Crippen LogP contribution is -2.29. The molecule has 0 atom stereocenters. The van der Waals surface area contributed by atoms with Gasteiger partial charge in [0.1, 0.15) is 11.4 Å². The molecule has 4 rings (SSSR count). The van der Waals surface area contributed by atoms with Crippen LogP contribution < -0.4 is 27.1 Å². The summed E-state index contributed by atoms with van der Waals surface area (Å²) in [7, 11) is 1.47. The first-order valence-electron chi connectivity index (χ1n) is 11.1. The van der Waals surface area contributed by atoms with E-state index in [9.17, 15) is 14.4 Å². The largest absolute Gasteiger partial charge is 0.384 e. The first-order chi connectivity index (χ1) is 16.9. The predicted octanol–water partition coefficient (Wildman–Crippen LogP) is 3.35. The van der Waals surface area contributed by atoms with Crippen molar-refractivity contribution in [1.29, 1.82) is 0 Å². The summed E-state index contributed by atoms with van der Waals surface area (Å²) >= 11 is 0. The average molecular weight is 471 g/mol. The van der Waals surface area contributed by atoms with Crippen molar-refractivity contribution >= 4 is 34.3 Å². The molecule has 0 spiro atoms. The highest BCUT2D eigenvalue weighted by Crippen LogP contribution is 2.27. The molecule has 5 N–H and O–H groups in total. The molecule has 35 heavy (non-hydrogen) atoms. The SMILES string of the molecule is CCn1c(N)c(C(=O)NC)c(=O)c2ccc(-c3ccc(NC(=O)NCc4cccnc4)cc3)cc21. The summed E-state index contributed by atoms with van der Waals surface area (Å²) in [6, 6.07) is 16.2. The van der Waals surface area contributed by atoms with Crippen LogP contribution in [0.2, 0.25) is 0 Å². The van der Waals surface area contributed by atoms with Crippen LogP contribution in [0, 0.1) is 0 Å². The lowest BCUT2D eigenvalue weighted by molar-refractivity contribution is 0.0962. The van der Waals surface area contributed by atoms with Gasteiger partial charge in [-0.05, 0) is 53.9 Å². The van der Waals surface area contributed by atoms with E-state index in [1.165, 1.54) is 7.05 Å². The normalized spacial score (nSPS) is 10.7. The van der Waals surface area contributed by atoms with E-state index < -0.39 is 11.3 Å². The Hall–Kier alpha value is -4.66.